The molecular weight excluding hydrogens is 240 g/mol. The number of carboxylic acids is 1. The summed E-state index contributed by atoms with van der Waals surface area (Å²) in [5.74, 6) is -0.838. The Hall–Kier alpha value is -0.570. The summed E-state index contributed by atoms with van der Waals surface area (Å²) < 4.78 is 4.90. The first-order valence-electron chi connectivity index (χ1n) is 7.98. The first kappa shape index (κ1) is 18.4. The van der Waals surface area contributed by atoms with Crippen LogP contribution in [-0.4, -0.2) is 24.3 Å². The zero-order valence-corrected chi connectivity index (χ0v) is 12.8. The second-order valence-corrected chi connectivity index (χ2v) is 5.39. The summed E-state index contributed by atoms with van der Waals surface area (Å²) in [4.78, 5) is 10.7. The van der Waals surface area contributed by atoms with Crippen molar-refractivity contribution in [1.82, 2.24) is 0 Å². The number of rotatable bonds is 14. The van der Waals surface area contributed by atoms with Gasteiger partial charge in [-0.25, -0.2) is 4.79 Å². The molecule has 0 aromatic heterocycles. The lowest BCUT2D eigenvalue weighted by molar-refractivity contribution is -0.148. The summed E-state index contributed by atoms with van der Waals surface area (Å²) in [5, 5.41) is 8.81. The molecule has 0 spiro atoms. The highest BCUT2D eigenvalue weighted by atomic mass is 16.5. The van der Waals surface area contributed by atoms with E-state index in [4.69, 9.17) is 9.84 Å². The molecule has 0 amide bonds. The molecule has 0 saturated heterocycles. The number of hydrogen-bond donors (Lipinski definition) is 1. The van der Waals surface area contributed by atoms with Crippen molar-refractivity contribution in [2.75, 3.05) is 7.11 Å². The molecule has 1 atom stereocenters. The monoisotopic (exact) mass is 272 g/mol. The van der Waals surface area contributed by atoms with E-state index in [9.17, 15) is 4.79 Å². The van der Waals surface area contributed by atoms with E-state index in [0.29, 0.717) is 6.42 Å². The lowest BCUT2D eigenvalue weighted by Crippen LogP contribution is -2.21. The van der Waals surface area contributed by atoms with E-state index in [0.717, 1.165) is 12.8 Å². The van der Waals surface area contributed by atoms with Gasteiger partial charge in [0.1, 0.15) is 0 Å². The van der Waals surface area contributed by atoms with Gasteiger partial charge in [-0.15, -0.1) is 0 Å². The van der Waals surface area contributed by atoms with Crippen LogP contribution in [0.5, 0.6) is 0 Å². The van der Waals surface area contributed by atoms with Crippen molar-refractivity contribution >= 4 is 5.97 Å². The Labute approximate surface area is 118 Å². The molecule has 0 fully saturated rings. The van der Waals surface area contributed by atoms with Crippen LogP contribution in [0.15, 0.2) is 0 Å². The number of unbranched alkanes of at least 4 members (excludes halogenated alkanes) is 10. The van der Waals surface area contributed by atoms with Gasteiger partial charge < -0.3 is 9.84 Å². The third-order valence-corrected chi connectivity index (χ3v) is 3.63. The van der Waals surface area contributed by atoms with Crippen LogP contribution in [0.4, 0.5) is 0 Å². The Morgan fingerprint density at radius 1 is 0.895 bits per heavy atom. The van der Waals surface area contributed by atoms with Gasteiger partial charge in [-0.1, -0.05) is 77.6 Å². The summed E-state index contributed by atoms with van der Waals surface area (Å²) in [6.45, 7) is 2.25. The van der Waals surface area contributed by atoms with Gasteiger partial charge >= 0.3 is 5.97 Å². The predicted octanol–water partition coefficient (Wildman–Crippen LogP) is 4.79. The first-order chi connectivity index (χ1) is 9.22. The first-order valence-corrected chi connectivity index (χ1v) is 7.98. The summed E-state index contributed by atoms with van der Waals surface area (Å²) >= 11 is 0. The van der Waals surface area contributed by atoms with Crippen LogP contribution >= 0.6 is 0 Å². The molecule has 0 aromatic carbocycles. The number of carbonyl (C=O) groups is 1. The summed E-state index contributed by atoms with van der Waals surface area (Å²) in [5.41, 5.74) is 0. The summed E-state index contributed by atoms with van der Waals surface area (Å²) in [6.07, 6.45) is 14.2. The fourth-order valence-electron chi connectivity index (χ4n) is 2.34. The van der Waals surface area contributed by atoms with E-state index in [1.807, 2.05) is 0 Å². The smallest absolute Gasteiger partial charge is 0.332 e. The highest BCUT2D eigenvalue weighted by Gasteiger charge is 2.14. The number of aliphatic carboxylic acids is 1. The minimum atomic E-state index is -0.838. The van der Waals surface area contributed by atoms with Crippen LogP contribution in [0.25, 0.3) is 0 Å². The van der Waals surface area contributed by atoms with E-state index in [1.54, 1.807) is 0 Å². The maximum atomic E-state index is 10.7. The number of carboxylic acid groups (broad SMARTS) is 1. The standard InChI is InChI=1S/C16H32O3/c1-3-4-5-6-7-8-9-10-11-12-13-14-15(19-2)16(17)18/h15H,3-14H2,1-2H3,(H,17,18)/t15-/m0/s1. The van der Waals surface area contributed by atoms with Crippen molar-refractivity contribution in [3.8, 4) is 0 Å². The van der Waals surface area contributed by atoms with Gasteiger partial charge in [0.05, 0.1) is 0 Å². The van der Waals surface area contributed by atoms with Crippen LogP contribution in [0.1, 0.15) is 84.0 Å². The molecule has 0 bridgehead atoms. The average molecular weight is 272 g/mol. The van der Waals surface area contributed by atoms with Crippen LogP contribution < -0.4 is 0 Å². The van der Waals surface area contributed by atoms with Gasteiger partial charge in [-0.05, 0) is 6.42 Å². The Morgan fingerprint density at radius 3 is 1.68 bits per heavy atom. The third-order valence-electron chi connectivity index (χ3n) is 3.63. The lowest BCUT2D eigenvalue weighted by Gasteiger charge is -2.09. The molecule has 0 aliphatic rings. The molecule has 0 rings (SSSR count). The van der Waals surface area contributed by atoms with Crippen molar-refractivity contribution < 1.29 is 14.6 Å². The van der Waals surface area contributed by atoms with E-state index in [2.05, 4.69) is 6.92 Å². The van der Waals surface area contributed by atoms with E-state index in [1.165, 1.54) is 64.9 Å². The molecule has 19 heavy (non-hydrogen) atoms. The Balaban J connectivity index is 3.16. The third kappa shape index (κ3) is 12.2. The lowest BCUT2D eigenvalue weighted by atomic mass is 10.0. The molecule has 114 valence electrons. The zero-order chi connectivity index (χ0) is 14.3. The average Bonchev–Trinajstić information content (AvgIpc) is 2.40. The highest BCUT2D eigenvalue weighted by Crippen LogP contribution is 2.13. The number of ether oxygens (including phenoxy) is 1. The Bertz CT molecular complexity index is 204. The van der Waals surface area contributed by atoms with E-state index >= 15 is 0 Å². The molecule has 3 nitrogen and oxygen atoms in total. The maximum Gasteiger partial charge on any atom is 0.332 e. The quantitative estimate of drug-likeness (QED) is 0.463. The fourth-order valence-corrected chi connectivity index (χ4v) is 2.34. The predicted molar refractivity (Wildman–Crippen MR) is 79.5 cm³/mol. The highest BCUT2D eigenvalue weighted by molar-refractivity contribution is 5.72. The normalized spacial score (nSPS) is 12.5. The Morgan fingerprint density at radius 2 is 1.32 bits per heavy atom. The van der Waals surface area contributed by atoms with Gasteiger partial charge in [0.2, 0.25) is 0 Å². The largest absolute Gasteiger partial charge is 0.479 e. The van der Waals surface area contributed by atoms with Crippen molar-refractivity contribution in [3.05, 3.63) is 0 Å². The second-order valence-electron chi connectivity index (χ2n) is 5.39. The fraction of sp³-hybridized carbons (Fsp3) is 0.938. The van der Waals surface area contributed by atoms with Crippen molar-refractivity contribution in [2.45, 2.75) is 90.1 Å². The molecule has 0 heterocycles. The summed E-state index contributed by atoms with van der Waals surface area (Å²) in [6, 6.07) is 0. The van der Waals surface area contributed by atoms with Crippen LogP contribution in [-0.2, 0) is 9.53 Å². The van der Waals surface area contributed by atoms with Gasteiger partial charge in [0, 0.05) is 7.11 Å². The van der Waals surface area contributed by atoms with Crippen molar-refractivity contribution in [3.63, 3.8) is 0 Å². The van der Waals surface area contributed by atoms with Crippen LogP contribution in [0.3, 0.4) is 0 Å². The molecule has 0 aliphatic heterocycles. The molecule has 0 saturated carbocycles. The van der Waals surface area contributed by atoms with E-state index in [-0.39, 0.29) is 0 Å². The SMILES string of the molecule is CCCCCCCCCCCCC[C@H](OC)C(=O)O. The summed E-state index contributed by atoms with van der Waals surface area (Å²) in [7, 11) is 1.47. The van der Waals surface area contributed by atoms with Crippen molar-refractivity contribution in [1.29, 1.82) is 0 Å². The number of hydrogen-bond acceptors (Lipinski definition) is 2. The van der Waals surface area contributed by atoms with Crippen LogP contribution in [0, 0.1) is 0 Å². The molecule has 0 unspecified atom stereocenters. The Kier molecular flexibility index (Phi) is 13.4. The van der Waals surface area contributed by atoms with E-state index < -0.39 is 12.1 Å². The molecule has 3 heteroatoms. The minimum Gasteiger partial charge on any atom is -0.479 e. The molecule has 0 aliphatic carbocycles. The van der Waals surface area contributed by atoms with Gasteiger partial charge in [-0.2, -0.15) is 0 Å². The van der Waals surface area contributed by atoms with Gasteiger partial charge in [-0.3, -0.25) is 0 Å². The van der Waals surface area contributed by atoms with Gasteiger partial charge in [0.15, 0.2) is 6.10 Å². The van der Waals surface area contributed by atoms with Crippen LogP contribution in [0.2, 0.25) is 0 Å². The van der Waals surface area contributed by atoms with Gasteiger partial charge in [0.25, 0.3) is 0 Å². The molecule has 1 N–H and O–H groups in total. The maximum absolute atomic E-state index is 10.7. The topological polar surface area (TPSA) is 46.5 Å². The molecule has 0 radical (unpaired) electrons. The van der Waals surface area contributed by atoms with Crippen molar-refractivity contribution in [2.24, 2.45) is 0 Å². The zero-order valence-electron chi connectivity index (χ0n) is 12.8. The second kappa shape index (κ2) is 13.9. The minimum absolute atomic E-state index is 0.612. The molecular formula is C16H32O3. The number of methoxy groups -OCH3 is 1. The molecule has 0 aromatic rings.